The van der Waals surface area contributed by atoms with Gasteiger partial charge in [0.2, 0.25) is 10.0 Å². The maximum atomic E-state index is 12.4. The van der Waals surface area contributed by atoms with E-state index >= 15 is 0 Å². The lowest BCUT2D eigenvalue weighted by Gasteiger charge is -2.23. The van der Waals surface area contributed by atoms with Crippen molar-refractivity contribution in [1.29, 1.82) is 0 Å². The van der Waals surface area contributed by atoms with Crippen LogP contribution in [0.15, 0.2) is 23.1 Å². The fourth-order valence-corrected chi connectivity index (χ4v) is 3.17. The molecule has 0 heterocycles. The summed E-state index contributed by atoms with van der Waals surface area (Å²) in [7, 11) is -3.56. The normalized spacial score (nSPS) is 12.4. The first-order valence-electron chi connectivity index (χ1n) is 6.49. The third-order valence-corrected chi connectivity index (χ3v) is 5.24. The van der Waals surface area contributed by atoms with E-state index in [1.807, 2.05) is 20.8 Å². The lowest BCUT2D eigenvalue weighted by Crippen LogP contribution is -2.34. The Morgan fingerprint density at radius 3 is 2.50 bits per heavy atom. The molecule has 112 valence electrons. The van der Waals surface area contributed by atoms with Gasteiger partial charge in [0.05, 0.1) is 4.90 Å². The summed E-state index contributed by atoms with van der Waals surface area (Å²) >= 11 is 4.89. The van der Waals surface area contributed by atoms with Gasteiger partial charge in [-0.1, -0.05) is 45.1 Å². The fourth-order valence-electron chi connectivity index (χ4n) is 1.54. The van der Waals surface area contributed by atoms with Crippen LogP contribution in [0.1, 0.15) is 38.3 Å². The molecular formula is C14H22N2O2S2. The molecule has 4 nitrogen and oxygen atoms in total. The van der Waals surface area contributed by atoms with Crippen LogP contribution in [0.4, 0.5) is 0 Å². The molecule has 0 aliphatic carbocycles. The number of aryl methyl sites for hydroxylation is 1. The second kappa shape index (κ2) is 6.20. The van der Waals surface area contributed by atoms with Crippen molar-refractivity contribution in [2.45, 2.75) is 39.0 Å². The Morgan fingerprint density at radius 1 is 1.40 bits per heavy atom. The second-order valence-corrected chi connectivity index (χ2v) is 7.86. The minimum Gasteiger partial charge on any atom is -0.389 e. The van der Waals surface area contributed by atoms with Gasteiger partial charge in [-0.2, -0.15) is 0 Å². The summed E-state index contributed by atoms with van der Waals surface area (Å²) in [6.07, 6.45) is 0.890. The largest absolute Gasteiger partial charge is 0.389 e. The van der Waals surface area contributed by atoms with Crippen molar-refractivity contribution in [2.24, 2.45) is 11.1 Å². The lowest BCUT2D eigenvalue weighted by molar-refractivity contribution is 0.350. The number of nitrogens with one attached hydrogen (secondary N) is 1. The first-order valence-corrected chi connectivity index (χ1v) is 8.38. The van der Waals surface area contributed by atoms with Crippen molar-refractivity contribution in [2.75, 3.05) is 6.54 Å². The Hall–Kier alpha value is -0.980. The number of hydrogen-bond donors (Lipinski definition) is 2. The minimum absolute atomic E-state index is 0.0816. The van der Waals surface area contributed by atoms with Gasteiger partial charge >= 0.3 is 0 Å². The van der Waals surface area contributed by atoms with E-state index in [2.05, 4.69) is 4.72 Å². The van der Waals surface area contributed by atoms with Crippen LogP contribution < -0.4 is 10.5 Å². The molecule has 0 unspecified atom stereocenters. The van der Waals surface area contributed by atoms with Crippen molar-refractivity contribution < 1.29 is 8.42 Å². The van der Waals surface area contributed by atoms with E-state index in [9.17, 15) is 8.42 Å². The predicted octanol–water partition coefficient (Wildman–Crippen LogP) is 2.34. The van der Waals surface area contributed by atoms with Crippen LogP contribution in [0, 0.1) is 12.3 Å². The Labute approximate surface area is 126 Å². The smallest absolute Gasteiger partial charge is 0.240 e. The standard InChI is InChI=1S/C14H22N2O2S2/c1-5-14(3,4)9-16-20(17,18)12-8-11(13(15)19)7-6-10(12)2/h6-8,16H,5,9H2,1-4H3,(H2,15,19). The lowest BCUT2D eigenvalue weighted by atomic mass is 9.91. The molecule has 6 heteroatoms. The molecule has 0 aliphatic rings. The van der Waals surface area contributed by atoms with Crippen molar-refractivity contribution in [3.05, 3.63) is 29.3 Å². The zero-order valence-electron chi connectivity index (χ0n) is 12.4. The Morgan fingerprint density at radius 2 is 2.00 bits per heavy atom. The molecule has 1 rings (SSSR count). The molecule has 0 fully saturated rings. The van der Waals surface area contributed by atoms with Crippen LogP contribution in [0.5, 0.6) is 0 Å². The quantitative estimate of drug-likeness (QED) is 0.791. The van der Waals surface area contributed by atoms with Crippen LogP contribution in [-0.2, 0) is 10.0 Å². The fraction of sp³-hybridized carbons (Fsp3) is 0.500. The number of benzene rings is 1. The molecule has 0 atom stereocenters. The van der Waals surface area contributed by atoms with Gasteiger partial charge in [-0.3, -0.25) is 0 Å². The number of hydrogen-bond acceptors (Lipinski definition) is 3. The molecule has 0 spiro atoms. The molecule has 0 aromatic heterocycles. The van der Waals surface area contributed by atoms with Crippen molar-refractivity contribution in [1.82, 2.24) is 4.72 Å². The van der Waals surface area contributed by atoms with Gasteiger partial charge in [0.25, 0.3) is 0 Å². The summed E-state index contributed by atoms with van der Waals surface area (Å²) in [6, 6.07) is 4.97. The van der Waals surface area contributed by atoms with Crippen molar-refractivity contribution >= 4 is 27.2 Å². The molecule has 0 bridgehead atoms. The Kier molecular flexibility index (Phi) is 5.29. The van der Waals surface area contributed by atoms with Crippen LogP contribution in [0.3, 0.4) is 0 Å². The first-order chi connectivity index (χ1) is 9.09. The van der Waals surface area contributed by atoms with Crippen molar-refractivity contribution in [3.63, 3.8) is 0 Å². The van der Waals surface area contributed by atoms with Crippen LogP contribution in [0.25, 0.3) is 0 Å². The molecule has 1 aromatic rings. The zero-order chi connectivity index (χ0) is 15.6. The van der Waals surface area contributed by atoms with Gasteiger partial charge in [-0.05, 0) is 30.4 Å². The molecule has 0 radical (unpaired) electrons. The number of rotatable bonds is 6. The van der Waals surface area contributed by atoms with Crippen LogP contribution in [-0.4, -0.2) is 20.0 Å². The zero-order valence-corrected chi connectivity index (χ0v) is 14.0. The van der Waals surface area contributed by atoms with E-state index in [1.165, 1.54) is 6.07 Å². The van der Waals surface area contributed by atoms with Crippen molar-refractivity contribution in [3.8, 4) is 0 Å². The van der Waals surface area contributed by atoms with E-state index in [1.54, 1.807) is 19.1 Å². The highest BCUT2D eigenvalue weighted by Gasteiger charge is 2.22. The average Bonchev–Trinajstić information content (AvgIpc) is 2.37. The van der Waals surface area contributed by atoms with E-state index in [4.69, 9.17) is 18.0 Å². The molecule has 1 aromatic carbocycles. The number of thiocarbonyl (C=S) groups is 1. The monoisotopic (exact) mass is 314 g/mol. The van der Waals surface area contributed by atoms with E-state index in [0.29, 0.717) is 17.7 Å². The summed E-state index contributed by atoms with van der Waals surface area (Å²) < 4.78 is 27.5. The highest BCUT2D eigenvalue weighted by atomic mass is 32.2. The second-order valence-electron chi connectivity index (χ2n) is 5.69. The van der Waals surface area contributed by atoms with E-state index < -0.39 is 10.0 Å². The van der Waals surface area contributed by atoms with Gasteiger partial charge in [-0.15, -0.1) is 0 Å². The Balaban J connectivity index is 3.09. The molecule has 0 amide bonds. The third kappa shape index (κ3) is 4.26. The third-order valence-electron chi connectivity index (χ3n) is 3.46. The maximum absolute atomic E-state index is 12.4. The molecule has 20 heavy (non-hydrogen) atoms. The first kappa shape index (κ1) is 17.1. The Bertz CT molecular complexity index is 608. The minimum atomic E-state index is -3.56. The highest BCUT2D eigenvalue weighted by molar-refractivity contribution is 7.89. The molecule has 0 saturated carbocycles. The van der Waals surface area contributed by atoms with Gasteiger partial charge in [0.1, 0.15) is 4.99 Å². The van der Waals surface area contributed by atoms with Gasteiger partial charge in [0, 0.05) is 12.1 Å². The topological polar surface area (TPSA) is 72.2 Å². The van der Waals surface area contributed by atoms with Gasteiger partial charge in [0.15, 0.2) is 0 Å². The van der Waals surface area contributed by atoms with Crippen LogP contribution in [0.2, 0.25) is 0 Å². The highest BCUT2D eigenvalue weighted by Crippen LogP contribution is 2.21. The molecule has 0 saturated heterocycles. The number of nitrogens with two attached hydrogens (primary N) is 1. The molecule has 3 N–H and O–H groups in total. The average molecular weight is 314 g/mol. The summed E-state index contributed by atoms with van der Waals surface area (Å²) in [5.74, 6) is 0. The van der Waals surface area contributed by atoms with E-state index in [-0.39, 0.29) is 15.3 Å². The predicted molar refractivity (Wildman–Crippen MR) is 86.3 cm³/mol. The summed E-state index contributed by atoms with van der Waals surface area (Å²) in [5, 5.41) is 0. The van der Waals surface area contributed by atoms with E-state index in [0.717, 1.165) is 6.42 Å². The van der Waals surface area contributed by atoms with Crippen LogP contribution >= 0.6 is 12.2 Å². The molecular weight excluding hydrogens is 292 g/mol. The summed E-state index contributed by atoms with van der Waals surface area (Å²) in [6.45, 7) is 8.22. The van der Waals surface area contributed by atoms with Gasteiger partial charge in [-0.25, -0.2) is 13.1 Å². The summed E-state index contributed by atoms with van der Waals surface area (Å²) in [5.41, 5.74) is 6.70. The van der Waals surface area contributed by atoms with Gasteiger partial charge < -0.3 is 5.73 Å². The number of sulfonamides is 1. The maximum Gasteiger partial charge on any atom is 0.240 e. The summed E-state index contributed by atoms with van der Waals surface area (Å²) in [4.78, 5) is 0.421. The molecule has 0 aliphatic heterocycles. The SMILES string of the molecule is CCC(C)(C)CNS(=O)(=O)c1cc(C(N)=S)ccc1C.